The lowest BCUT2D eigenvalue weighted by atomic mass is 9.94. The van der Waals surface area contributed by atoms with Gasteiger partial charge in [-0.1, -0.05) is 42.8 Å². The quantitative estimate of drug-likeness (QED) is 0.809. The summed E-state index contributed by atoms with van der Waals surface area (Å²) in [5, 5.41) is 3.62. The molecule has 0 fully saturated rings. The number of hydrogen-bond acceptors (Lipinski definition) is 1. The summed E-state index contributed by atoms with van der Waals surface area (Å²) in [4.78, 5) is 0. The zero-order valence-corrected chi connectivity index (χ0v) is 13.1. The van der Waals surface area contributed by atoms with Gasteiger partial charge in [0.05, 0.1) is 0 Å². The molecule has 2 aromatic rings. The van der Waals surface area contributed by atoms with Gasteiger partial charge in [0, 0.05) is 6.04 Å². The van der Waals surface area contributed by atoms with Crippen LogP contribution in [-0.4, -0.2) is 6.54 Å². The number of halogens is 1. The van der Waals surface area contributed by atoms with Gasteiger partial charge in [0.25, 0.3) is 0 Å². The van der Waals surface area contributed by atoms with Crippen molar-refractivity contribution in [2.45, 2.75) is 39.7 Å². The first kappa shape index (κ1) is 15.7. The highest BCUT2D eigenvalue weighted by Gasteiger charge is 2.14. The van der Waals surface area contributed by atoms with Crippen molar-refractivity contribution >= 4 is 0 Å². The van der Waals surface area contributed by atoms with Crippen molar-refractivity contribution < 1.29 is 4.39 Å². The molecule has 0 amide bonds. The van der Waals surface area contributed by atoms with Crippen molar-refractivity contribution in [1.29, 1.82) is 0 Å². The summed E-state index contributed by atoms with van der Waals surface area (Å²) >= 11 is 0. The van der Waals surface area contributed by atoms with Crippen LogP contribution in [0.4, 0.5) is 4.39 Å². The first-order chi connectivity index (χ1) is 10.1. The molecule has 112 valence electrons. The fourth-order valence-corrected chi connectivity index (χ4v) is 2.68. The second-order valence-electron chi connectivity index (χ2n) is 5.70. The van der Waals surface area contributed by atoms with Gasteiger partial charge in [0.1, 0.15) is 5.82 Å². The van der Waals surface area contributed by atoms with Gasteiger partial charge >= 0.3 is 0 Å². The Morgan fingerprint density at radius 2 is 1.76 bits per heavy atom. The molecule has 0 aliphatic rings. The molecule has 0 spiro atoms. The van der Waals surface area contributed by atoms with Crippen molar-refractivity contribution in [3.63, 3.8) is 0 Å². The van der Waals surface area contributed by atoms with E-state index in [4.69, 9.17) is 0 Å². The van der Waals surface area contributed by atoms with Crippen LogP contribution in [0.3, 0.4) is 0 Å². The Balaban J connectivity index is 2.22. The van der Waals surface area contributed by atoms with Crippen LogP contribution < -0.4 is 5.32 Å². The zero-order chi connectivity index (χ0) is 15.2. The Labute approximate surface area is 127 Å². The summed E-state index contributed by atoms with van der Waals surface area (Å²) in [5.74, 6) is -0.177. The fourth-order valence-electron chi connectivity index (χ4n) is 2.68. The molecule has 0 heterocycles. The van der Waals surface area contributed by atoms with E-state index in [0.717, 1.165) is 24.9 Å². The first-order valence-electron chi connectivity index (χ1n) is 7.65. The third kappa shape index (κ3) is 4.40. The van der Waals surface area contributed by atoms with Crippen LogP contribution in [0.1, 0.15) is 41.6 Å². The monoisotopic (exact) mass is 285 g/mol. The number of aryl methyl sites for hydroxylation is 2. The van der Waals surface area contributed by atoms with Crippen molar-refractivity contribution in [2.24, 2.45) is 0 Å². The highest BCUT2D eigenvalue weighted by Crippen LogP contribution is 2.23. The number of nitrogens with one attached hydrogen (secondary N) is 1. The van der Waals surface area contributed by atoms with Crippen LogP contribution in [0.25, 0.3) is 0 Å². The van der Waals surface area contributed by atoms with E-state index in [9.17, 15) is 4.39 Å². The lowest BCUT2D eigenvalue weighted by molar-refractivity contribution is 0.526. The van der Waals surface area contributed by atoms with Crippen LogP contribution in [0.2, 0.25) is 0 Å². The summed E-state index contributed by atoms with van der Waals surface area (Å²) in [6.45, 7) is 7.43. The number of benzene rings is 2. The van der Waals surface area contributed by atoms with Gasteiger partial charge in [-0.3, -0.25) is 0 Å². The summed E-state index contributed by atoms with van der Waals surface area (Å²) in [5.41, 5.74) is 5.08. The third-order valence-corrected chi connectivity index (χ3v) is 3.79. The van der Waals surface area contributed by atoms with E-state index < -0.39 is 0 Å². The highest BCUT2D eigenvalue weighted by molar-refractivity contribution is 5.34. The van der Waals surface area contributed by atoms with Crippen molar-refractivity contribution in [2.75, 3.05) is 6.54 Å². The average Bonchev–Trinajstić information content (AvgIpc) is 2.46. The van der Waals surface area contributed by atoms with E-state index in [2.05, 4.69) is 44.3 Å². The maximum Gasteiger partial charge on any atom is 0.123 e. The lowest BCUT2D eigenvalue weighted by Crippen LogP contribution is -2.24. The molecule has 2 aromatic carbocycles. The van der Waals surface area contributed by atoms with Crippen molar-refractivity contribution in [3.05, 3.63) is 70.5 Å². The van der Waals surface area contributed by atoms with E-state index in [-0.39, 0.29) is 11.9 Å². The lowest BCUT2D eigenvalue weighted by Gasteiger charge is -2.21. The molecule has 21 heavy (non-hydrogen) atoms. The molecular weight excluding hydrogens is 261 g/mol. The van der Waals surface area contributed by atoms with Crippen LogP contribution in [-0.2, 0) is 6.42 Å². The molecule has 1 nitrogen and oxygen atoms in total. The van der Waals surface area contributed by atoms with E-state index >= 15 is 0 Å². The van der Waals surface area contributed by atoms with Crippen molar-refractivity contribution in [3.8, 4) is 0 Å². The summed E-state index contributed by atoms with van der Waals surface area (Å²) in [6, 6.07) is 13.7. The Kier molecular flexibility index (Phi) is 5.51. The van der Waals surface area contributed by atoms with E-state index in [1.807, 2.05) is 12.1 Å². The fraction of sp³-hybridized carbons (Fsp3) is 0.368. The average molecular weight is 285 g/mol. The molecule has 0 bridgehead atoms. The molecule has 0 aromatic heterocycles. The summed E-state index contributed by atoms with van der Waals surface area (Å²) < 4.78 is 13.0. The molecule has 2 heteroatoms. The second-order valence-corrected chi connectivity index (χ2v) is 5.70. The van der Waals surface area contributed by atoms with Crippen LogP contribution in [0.5, 0.6) is 0 Å². The second kappa shape index (κ2) is 7.37. The Bertz CT molecular complexity index is 575. The SMILES string of the molecule is CCCNC(Cc1ccc(F)cc1)c1ccc(C)cc1C. The van der Waals surface area contributed by atoms with Gasteiger partial charge in [-0.25, -0.2) is 4.39 Å². The standard InChI is InChI=1S/C19H24FN/c1-4-11-21-19(13-16-6-8-17(20)9-7-16)18-10-5-14(2)12-15(18)3/h5-10,12,19,21H,4,11,13H2,1-3H3. The normalized spacial score (nSPS) is 12.4. The smallest absolute Gasteiger partial charge is 0.123 e. The maximum absolute atomic E-state index is 13.0. The van der Waals surface area contributed by atoms with E-state index in [1.54, 1.807) is 0 Å². The molecule has 1 unspecified atom stereocenters. The van der Waals surface area contributed by atoms with Crippen LogP contribution >= 0.6 is 0 Å². The van der Waals surface area contributed by atoms with Gasteiger partial charge in [0.15, 0.2) is 0 Å². The predicted molar refractivity (Wildman–Crippen MR) is 87.1 cm³/mol. The minimum Gasteiger partial charge on any atom is -0.310 e. The molecule has 2 rings (SSSR count). The zero-order valence-electron chi connectivity index (χ0n) is 13.1. The third-order valence-electron chi connectivity index (χ3n) is 3.79. The Hall–Kier alpha value is -1.67. The summed E-state index contributed by atoms with van der Waals surface area (Å²) in [6.07, 6.45) is 1.98. The minimum atomic E-state index is -0.177. The minimum absolute atomic E-state index is 0.177. The van der Waals surface area contributed by atoms with Gasteiger partial charge in [-0.2, -0.15) is 0 Å². The Morgan fingerprint density at radius 1 is 1.05 bits per heavy atom. The number of rotatable bonds is 6. The van der Waals surface area contributed by atoms with Gasteiger partial charge in [-0.15, -0.1) is 0 Å². The van der Waals surface area contributed by atoms with Gasteiger partial charge in [0.2, 0.25) is 0 Å². The largest absolute Gasteiger partial charge is 0.310 e. The number of hydrogen-bond donors (Lipinski definition) is 1. The van der Waals surface area contributed by atoms with Crippen LogP contribution in [0.15, 0.2) is 42.5 Å². The van der Waals surface area contributed by atoms with E-state index in [1.165, 1.54) is 28.8 Å². The molecule has 0 saturated carbocycles. The predicted octanol–water partition coefficient (Wildman–Crippen LogP) is 4.73. The Morgan fingerprint density at radius 3 is 2.38 bits per heavy atom. The highest BCUT2D eigenvalue weighted by atomic mass is 19.1. The molecule has 1 N–H and O–H groups in total. The molecule has 0 aliphatic carbocycles. The maximum atomic E-state index is 13.0. The molecule has 0 saturated heterocycles. The molecular formula is C19H24FN. The first-order valence-corrected chi connectivity index (χ1v) is 7.65. The molecule has 0 aliphatic heterocycles. The van der Waals surface area contributed by atoms with Crippen molar-refractivity contribution in [1.82, 2.24) is 5.32 Å². The van der Waals surface area contributed by atoms with Gasteiger partial charge in [-0.05, 0) is 62.1 Å². The molecule has 1 atom stereocenters. The van der Waals surface area contributed by atoms with E-state index in [0.29, 0.717) is 0 Å². The van der Waals surface area contributed by atoms with Crippen LogP contribution in [0, 0.1) is 19.7 Å². The van der Waals surface area contributed by atoms with Gasteiger partial charge < -0.3 is 5.32 Å². The summed E-state index contributed by atoms with van der Waals surface area (Å²) in [7, 11) is 0. The topological polar surface area (TPSA) is 12.0 Å². The molecule has 0 radical (unpaired) electrons.